The van der Waals surface area contributed by atoms with E-state index in [9.17, 15) is 17.6 Å². The van der Waals surface area contributed by atoms with Gasteiger partial charge in [-0.15, -0.1) is 0 Å². The van der Waals surface area contributed by atoms with Gasteiger partial charge in [0.05, 0.1) is 23.9 Å². The van der Waals surface area contributed by atoms with Crippen molar-refractivity contribution in [1.29, 1.82) is 0 Å². The summed E-state index contributed by atoms with van der Waals surface area (Å²) in [6, 6.07) is 18.3. The molecule has 0 amide bonds. The third-order valence-corrected chi connectivity index (χ3v) is 8.41. The lowest BCUT2D eigenvalue weighted by atomic mass is 9.85. The molecule has 190 valence electrons. The summed E-state index contributed by atoms with van der Waals surface area (Å²) in [6.07, 6.45) is 1.46. The average molecular weight is 531 g/mol. The molecule has 0 aliphatic carbocycles. The second-order valence-corrected chi connectivity index (χ2v) is 11.6. The number of ketones is 1. The van der Waals surface area contributed by atoms with Gasteiger partial charge in [0.25, 0.3) is 0 Å². The standard InChI is InChI=1S/C28H28ClFO5S/c1-2-36(32,33)25-10-5-21(6-11-25)18-23(31)17-20-3-8-24(9-4-20)35-28(13-15-34-16-14-28)26-12-7-22(29)19-27(26)30/h3-12,19H,2,13-18H2,1H3. The van der Waals surface area contributed by atoms with Crippen LogP contribution in [0.2, 0.25) is 5.02 Å². The van der Waals surface area contributed by atoms with Crippen molar-refractivity contribution in [2.75, 3.05) is 19.0 Å². The van der Waals surface area contributed by atoms with Crippen molar-refractivity contribution < 1.29 is 27.1 Å². The highest BCUT2D eigenvalue weighted by Crippen LogP contribution is 2.39. The largest absolute Gasteiger partial charge is 0.482 e. The van der Waals surface area contributed by atoms with Gasteiger partial charge < -0.3 is 9.47 Å². The first-order chi connectivity index (χ1) is 17.2. The molecule has 4 rings (SSSR count). The summed E-state index contributed by atoms with van der Waals surface area (Å²) in [5, 5.41) is 0.328. The summed E-state index contributed by atoms with van der Waals surface area (Å²) in [6.45, 7) is 2.52. The van der Waals surface area contributed by atoms with E-state index in [2.05, 4.69) is 0 Å². The number of sulfone groups is 1. The molecule has 0 saturated carbocycles. The maximum atomic E-state index is 14.8. The van der Waals surface area contributed by atoms with E-state index in [1.807, 2.05) is 12.1 Å². The van der Waals surface area contributed by atoms with Crippen molar-refractivity contribution >= 4 is 27.2 Å². The van der Waals surface area contributed by atoms with E-state index in [4.69, 9.17) is 21.1 Å². The van der Waals surface area contributed by atoms with Crippen molar-refractivity contribution in [3.8, 4) is 5.75 Å². The van der Waals surface area contributed by atoms with Gasteiger partial charge in [-0.05, 0) is 47.5 Å². The predicted octanol–water partition coefficient (Wildman–Crippen LogP) is 5.71. The maximum absolute atomic E-state index is 14.8. The molecule has 8 heteroatoms. The Morgan fingerprint density at radius 3 is 2.11 bits per heavy atom. The Bertz CT molecular complexity index is 1320. The Hall–Kier alpha value is -2.74. The Balaban J connectivity index is 1.42. The van der Waals surface area contributed by atoms with Gasteiger partial charge in [-0.2, -0.15) is 0 Å². The Morgan fingerprint density at radius 2 is 1.56 bits per heavy atom. The molecule has 0 bridgehead atoms. The number of rotatable bonds is 9. The minimum absolute atomic E-state index is 0.0129. The highest BCUT2D eigenvalue weighted by atomic mass is 35.5. The number of benzene rings is 3. The van der Waals surface area contributed by atoms with Crippen molar-refractivity contribution in [2.24, 2.45) is 0 Å². The molecule has 1 aliphatic heterocycles. The van der Waals surface area contributed by atoms with Gasteiger partial charge in [0.15, 0.2) is 9.84 Å². The second kappa shape index (κ2) is 11.1. The van der Waals surface area contributed by atoms with Gasteiger partial charge >= 0.3 is 0 Å². The van der Waals surface area contributed by atoms with Crippen LogP contribution in [0, 0.1) is 5.82 Å². The number of carbonyl (C=O) groups is 1. The normalized spacial score (nSPS) is 15.4. The molecule has 0 spiro atoms. The first-order valence-electron chi connectivity index (χ1n) is 11.9. The molecule has 0 atom stereocenters. The summed E-state index contributed by atoms with van der Waals surface area (Å²) in [7, 11) is -3.26. The van der Waals surface area contributed by atoms with Gasteiger partial charge in [-0.25, -0.2) is 12.8 Å². The van der Waals surface area contributed by atoms with E-state index in [1.165, 1.54) is 6.07 Å². The molecule has 1 aliphatic rings. The van der Waals surface area contributed by atoms with E-state index in [0.29, 0.717) is 42.4 Å². The van der Waals surface area contributed by atoms with Crippen LogP contribution in [0.15, 0.2) is 71.6 Å². The molecule has 3 aromatic carbocycles. The number of ether oxygens (including phenoxy) is 2. The SMILES string of the molecule is CCS(=O)(=O)c1ccc(CC(=O)Cc2ccc(OC3(c4ccc(Cl)cc4F)CCOCC3)cc2)cc1. The van der Waals surface area contributed by atoms with Crippen molar-refractivity contribution in [1.82, 2.24) is 0 Å². The van der Waals surface area contributed by atoms with Gasteiger partial charge in [0, 0.05) is 36.3 Å². The van der Waals surface area contributed by atoms with Gasteiger partial charge in [0.1, 0.15) is 23.0 Å². The number of halogens is 2. The maximum Gasteiger partial charge on any atom is 0.178 e. The molecular weight excluding hydrogens is 503 g/mol. The molecular formula is C28H28ClFO5S. The second-order valence-electron chi connectivity index (χ2n) is 8.92. The molecule has 0 unspecified atom stereocenters. The third kappa shape index (κ3) is 6.14. The van der Waals surface area contributed by atoms with E-state index < -0.39 is 21.3 Å². The number of Topliss-reactive ketones (excluding diaryl/α,β-unsaturated/α-hetero) is 1. The van der Waals surface area contributed by atoms with Crippen molar-refractivity contribution in [3.05, 3.63) is 94.3 Å². The third-order valence-electron chi connectivity index (χ3n) is 6.42. The summed E-state index contributed by atoms with van der Waals surface area (Å²) in [4.78, 5) is 12.9. The predicted molar refractivity (Wildman–Crippen MR) is 137 cm³/mol. The Kier molecular flexibility index (Phi) is 8.13. The molecule has 0 N–H and O–H groups in total. The van der Waals surface area contributed by atoms with Crippen LogP contribution >= 0.6 is 11.6 Å². The molecule has 5 nitrogen and oxygen atoms in total. The first-order valence-corrected chi connectivity index (χ1v) is 13.9. The van der Waals surface area contributed by atoms with Crippen LogP contribution in [0.5, 0.6) is 5.75 Å². The zero-order valence-corrected chi connectivity index (χ0v) is 21.6. The molecule has 3 aromatic rings. The van der Waals surface area contributed by atoms with Crippen LogP contribution in [-0.2, 0) is 37.8 Å². The number of hydrogen-bond acceptors (Lipinski definition) is 5. The fraction of sp³-hybridized carbons (Fsp3) is 0.321. The van der Waals surface area contributed by atoms with Crippen LogP contribution in [-0.4, -0.2) is 33.2 Å². The Morgan fingerprint density at radius 1 is 0.972 bits per heavy atom. The summed E-state index contributed by atoms with van der Waals surface area (Å²) >= 11 is 5.95. The van der Waals surface area contributed by atoms with E-state index in [0.717, 1.165) is 11.1 Å². The molecule has 1 saturated heterocycles. The first kappa shape index (κ1) is 26.3. The summed E-state index contributed by atoms with van der Waals surface area (Å²) in [5.41, 5.74) is 1.19. The van der Waals surface area contributed by atoms with Gasteiger partial charge in [-0.1, -0.05) is 48.9 Å². The topological polar surface area (TPSA) is 69.7 Å². The fourth-order valence-electron chi connectivity index (χ4n) is 4.39. The van der Waals surface area contributed by atoms with Crippen LogP contribution in [0.1, 0.15) is 36.5 Å². The van der Waals surface area contributed by atoms with Crippen LogP contribution in [0.3, 0.4) is 0 Å². The van der Waals surface area contributed by atoms with Crippen molar-refractivity contribution in [3.63, 3.8) is 0 Å². The average Bonchev–Trinajstić information content (AvgIpc) is 2.86. The van der Waals surface area contributed by atoms with Gasteiger partial charge in [-0.3, -0.25) is 4.79 Å². The minimum Gasteiger partial charge on any atom is -0.482 e. The van der Waals surface area contributed by atoms with Crippen LogP contribution < -0.4 is 4.74 Å². The molecule has 1 fully saturated rings. The highest BCUT2D eigenvalue weighted by molar-refractivity contribution is 7.91. The minimum atomic E-state index is -3.26. The lowest BCUT2D eigenvalue weighted by Crippen LogP contribution is -2.40. The smallest absolute Gasteiger partial charge is 0.178 e. The zero-order chi connectivity index (χ0) is 25.8. The summed E-state index contributed by atoms with van der Waals surface area (Å²) < 4.78 is 50.5. The Labute approximate surface area is 216 Å². The van der Waals surface area contributed by atoms with Gasteiger partial charge in [0.2, 0.25) is 0 Å². The monoisotopic (exact) mass is 530 g/mol. The van der Waals surface area contributed by atoms with Crippen molar-refractivity contribution in [2.45, 2.75) is 43.1 Å². The molecule has 0 aromatic heterocycles. The van der Waals surface area contributed by atoms with E-state index in [-0.39, 0.29) is 29.3 Å². The molecule has 0 radical (unpaired) electrons. The molecule has 36 heavy (non-hydrogen) atoms. The quantitative estimate of drug-likeness (QED) is 0.354. The fourth-order valence-corrected chi connectivity index (χ4v) is 5.43. The van der Waals surface area contributed by atoms with E-state index in [1.54, 1.807) is 55.5 Å². The van der Waals surface area contributed by atoms with Crippen LogP contribution in [0.25, 0.3) is 0 Å². The highest BCUT2D eigenvalue weighted by Gasteiger charge is 2.39. The number of hydrogen-bond donors (Lipinski definition) is 0. The summed E-state index contributed by atoms with van der Waals surface area (Å²) in [5.74, 6) is 0.218. The van der Waals surface area contributed by atoms with Crippen LogP contribution in [0.4, 0.5) is 4.39 Å². The lowest BCUT2D eigenvalue weighted by molar-refractivity contribution is -0.117. The molecule has 1 heterocycles. The zero-order valence-electron chi connectivity index (χ0n) is 20.0. The van der Waals surface area contributed by atoms with E-state index >= 15 is 0 Å². The lowest BCUT2D eigenvalue weighted by Gasteiger charge is -2.38. The number of carbonyl (C=O) groups excluding carboxylic acids is 1.